The molecule has 1 heterocycles. The van der Waals surface area contributed by atoms with Crippen LogP contribution in [0, 0.1) is 0 Å². The Morgan fingerprint density at radius 2 is 2.53 bits per heavy atom. The van der Waals surface area contributed by atoms with Gasteiger partial charge in [-0.3, -0.25) is 9.48 Å². The molecule has 0 aliphatic rings. The molecular weight excluding hydrogens is 196 g/mol. The molecule has 0 spiro atoms. The Morgan fingerprint density at radius 3 is 3.20 bits per heavy atom. The Hall–Kier alpha value is -2.01. The third-order valence-electron chi connectivity index (χ3n) is 1.69. The van der Waals surface area contributed by atoms with E-state index < -0.39 is 0 Å². The highest BCUT2D eigenvalue weighted by Gasteiger charge is 2.00. The molecular formula is C8H12N6O. The molecule has 1 rings (SSSR count). The van der Waals surface area contributed by atoms with Crippen LogP contribution in [0.15, 0.2) is 23.6 Å². The Kier molecular flexibility index (Phi) is 4.75. The minimum atomic E-state index is -0.0976. The topological polar surface area (TPSA) is 95.7 Å². The SMILES string of the molecule is [N-]=[N+]=NCCCNC(=O)Cn1cccn1. The summed E-state index contributed by atoms with van der Waals surface area (Å²) in [4.78, 5) is 13.9. The molecule has 0 atom stereocenters. The van der Waals surface area contributed by atoms with E-state index in [0.717, 1.165) is 0 Å². The van der Waals surface area contributed by atoms with Crippen molar-refractivity contribution >= 4 is 5.91 Å². The fraction of sp³-hybridized carbons (Fsp3) is 0.500. The quantitative estimate of drug-likeness (QED) is 0.322. The Balaban J connectivity index is 2.11. The third-order valence-corrected chi connectivity index (χ3v) is 1.69. The molecule has 0 aliphatic heterocycles. The maximum atomic E-state index is 11.3. The van der Waals surface area contributed by atoms with E-state index in [0.29, 0.717) is 19.5 Å². The maximum Gasteiger partial charge on any atom is 0.241 e. The van der Waals surface area contributed by atoms with Crippen LogP contribution in [-0.4, -0.2) is 28.8 Å². The van der Waals surface area contributed by atoms with E-state index in [2.05, 4.69) is 20.4 Å². The van der Waals surface area contributed by atoms with Crippen LogP contribution in [-0.2, 0) is 11.3 Å². The van der Waals surface area contributed by atoms with Crippen LogP contribution >= 0.6 is 0 Å². The summed E-state index contributed by atoms with van der Waals surface area (Å²) in [7, 11) is 0. The van der Waals surface area contributed by atoms with Crippen molar-refractivity contribution in [2.45, 2.75) is 13.0 Å². The number of carbonyl (C=O) groups excluding carboxylic acids is 1. The molecule has 1 aromatic rings. The zero-order chi connectivity index (χ0) is 10.9. The molecule has 7 heteroatoms. The van der Waals surface area contributed by atoms with Crippen molar-refractivity contribution in [2.24, 2.45) is 5.11 Å². The number of azide groups is 1. The number of amides is 1. The van der Waals surface area contributed by atoms with Gasteiger partial charge in [-0.05, 0) is 18.0 Å². The molecule has 0 aromatic carbocycles. The average Bonchev–Trinajstić information content (AvgIpc) is 2.70. The first kappa shape index (κ1) is 11.1. The molecule has 0 bridgehead atoms. The lowest BCUT2D eigenvalue weighted by Gasteiger charge is -2.03. The highest BCUT2D eigenvalue weighted by molar-refractivity contribution is 5.75. The van der Waals surface area contributed by atoms with Crippen molar-refractivity contribution in [3.05, 3.63) is 28.9 Å². The number of nitrogens with zero attached hydrogens (tertiary/aromatic N) is 5. The van der Waals surface area contributed by atoms with Crippen LogP contribution in [0.1, 0.15) is 6.42 Å². The lowest BCUT2D eigenvalue weighted by molar-refractivity contribution is -0.121. The first-order valence-corrected chi connectivity index (χ1v) is 4.58. The number of carbonyl (C=O) groups is 1. The first-order chi connectivity index (χ1) is 7.33. The van der Waals surface area contributed by atoms with Crippen LogP contribution in [0.4, 0.5) is 0 Å². The summed E-state index contributed by atoms with van der Waals surface area (Å²) in [5.41, 5.74) is 8.01. The highest BCUT2D eigenvalue weighted by atomic mass is 16.2. The van der Waals surface area contributed by atoms with E-state index in [1.54, 1.807) is 23.1 Å². The van der Waals surface area contributed by atoms with Crippen LogP contribution in [0.25, 0.3) is 10.4 Å². The van der Waals surface area contributed by atoms with Gasteiger partial charge in [0, 0.05) is 30.4 Å². The largest absolute Gasteiger partial charge is 0.354 e. The molecule has 0 saturated carbocycles. The average molecular weight is 208 g/mol. The molecule has 0 unspecified atom stereocenters. The molecule has 0 saturated heterocycles. The van der Waals surface area contributed by atoms with Crippen LogP contribution in [0.5, 0.6) is 0 Å². The van der Waals surface area contributed by atoms with E-state index in [4.69, 9.17) is 5.53 Å². The van der Waals surface area contributed by atoms with Gasteiger partial charge in [0.05, 0.1) is 0 Å². The molecule has 1 N–H and O–H groups in total. The second-order valence-electron chi connectivity index (χ2n) is 2.86. The molecule has 0 aliphatic carbocycles. The monoisotopic (exact) mass is 208 g/mol. The molecule has 15 heavy (non-hydrogen) atoms. The summed E-state index contributed by atoms with van der Waals surface area (Å²) < 4.78 is 1.54. The van der Waals surface area contributed by atoms with Gasteiger partial charge in [-0.1, -0.05) is 5.11 Å². The highest BCUT2D eigenvalue weighted by Crippen LogP contribution is 1.85. The second kappa shape index (κ2) is 6.44. The number of nitrogens with one attached hydrogen (secondary N) is 1. The first-order valence-electron chi connectivity index (χ1n) is 4.58. The van der Waals surface area contributed by atoms with Crippen molar-refractivity contribution in [2.75, 3.05) is 13.1 Å². The van der Waals surface area contributed by atoms with Crippen molar-refractivity contribution < 1.29 is 4.79 Å². The fourth-order valence-electron chi connectivity index (χ4n) is 1.02. The summed E-state index contributed by atoms with van der Waals surface area (Å²) >= 11 is 0. The molecule has 80 valence electrons. The van der Waals surface area contributed by atoms with E-state index >= 15 is 0 Å². The lowest BCUT2D eigenvalue weighted by atomic mass is 10.4. The van der Waals surface area contributed by atoms with Crippen LogP contribution in [0.2, 0.25) is 0 Å². The summed E-state index contributed by atoms with van der Waals surface area (Å²) in [5, 5.41) is 9.96. The standard InChI is InChI=1S/C8H12N6O/c9-13-11-4-1-3-10-8(15)7-14-6-2-5-12-14/h2,5-6H,1,3-4,7H2,(H,10,15). The molecule has 0 fully saturated rings. The van der Waals surface area contributed by atoms with Gasteiger partial charge < -0.3 is 5.32 Å². The number of hydrogen-bond donors (Lipinski definition) is 1. The van der Waals surface area contributed by atoms with Crippen molar-refractivity contribution in [3.8, 4) is 0 Å². The normalized spacial score (nSPS) is 9.33. The van der Waals surface area contributed by atoms with E-state index in [9.17, 15) is 4.79 Å². The summed E-state index contributed by atoms with van der Waals surface area (Å²) in [6, 6.07) is 1.76. The molecule has 1 aromatic heterocycles. The predicted molar refractivity (Wildman–Crippen MR) is 53.9 cm³/mol. The minimum absolute atomic E-state index is 0.0976. The Morgan fingerprint density at radius 1 is 1.67 bits per heavy atom. The second-order valence-corrected chi connectivity index (χ2v) is 2.86. The van der Waals surface area contributed by atoms with Crippen LogP contribution < -0.4 is 5.32 Å². The maximum absolute atomic E-state index is 11.3. The zero-order valence-electron chi connectivity index (χ0n) is 8.20. The third kappa shape index (κ3) is 4.68. The Labute approximate surface area is 86.7 Å². The predicted octanol–water partition coefficient (Wildman–Crippen LogP) is 0.700. The van der Waals surface area contributed by atoms with Crippen molar-refractivity contribution in [1.29, 1.82) is 0 Å². The van der Waals surface area contributed by atoms with Gasteiger partial charge in [-0.25, -0.2) is 0 Å². The Bertz CT molecular complexity index is 340. The van der Waals surface area contributed by atoms with Gasteiger partial charge in [0.15, 0.2) is 0 Å². The lowest BCUT2D eigenvalue weighted by Crippen LogP contribution is -2.28. The van der Waals surface area contributed by atoms with Crippen molar-refractivity contribution in [1.82, 2.24) is 15.1 Å². The van der Waals surface area contributed by atoms with E-state index in [1.165, 1.54) is 0 Å². The van der Waals surface area contributed by atoms with Gasteiger partial charge in [0.1, 0.15) is 6.54 Å². The van der Waals surface area contributed by atoms with Gasteiger partial charge in [-0.2, -0.15) is 5.10 Å². The summed E-state index contributed by atoms with van der Waals surface area (Å²) in [5.74, 6) is -0.0976. The van der Waals surface area contributed by atoms with Crippen molar-refractivity contribution in [3.63, 3.8) is 0 Å². The molecule has 1 amide bonds. The smallest absolute Gasteiger partial charge is 0.241 e. The zero-order valence-corrected chi connectivity index (χ0v) is 8.20. The number of aromatic nitrogens is 2. The summed E-state index contributed by atoms with van der Waals surface area (Å²) in [6.45, 7) is 1.13. The van der Waals surface area contributed by atoms with Gasteiger partial charge in [0.25, 0.3) is 0 Å². The van der Waals surface area contributed by atoms with Gasteiger partial charge >= 0.3 is 0 Å². The molecule has 7 nitrogen and oxygen atoms in total. The van der Waals surface area contributed by atoms with E-state index in [-0.39, 0.29) is 12.5 Å². The summed E-state index contributed by atoms with van der Waals surface area (Å²) in [6.07, 6.45) is 3.99. The fourth-order valence-corrected chi connectivity index (χ4v) is 1.02. The number of rotatable bonds is 6. The molecule has 0 radical (unpaired) electrons. The van der Waals surface area contributed by atoms with Gasteiger partial charge in [-0.15, -0.1) is 0 Å². The van der Waals surface area contributed by atoms with Crippen LogP contribution in [0.3, 0.4) is 0 Å². The van der Waals surface area contributed by atoms with Gasteiger partial charge in [0.2, 0.25) is 5.91 Å². The van der Waals surface area contributed by atoms with E-state index in [1.807, 2.05) is 0 Å². The number of hydrogen-bond acceptors (Lipinski definition) is 3. The minimum Gasteiger partial charge on any atom is -0.354 e.